The van der Waals surface area contributed by atoms with Gasteiger partial charge in [0.05, 0.1) is 18.8 Å². The first-order valence-electron chi connectivity index (χ1n) is 5.66. The number of hydrogen-bond donors (Lipinski definition) is 1. The minimum atomic E-state index is -0.00111. The zero-order valence-corrected chi connectivity index (χ0v) is 11.4. The molecule has 1 heterocycles. The summed E-state index contributed by atoms with van der Waals surface area (Å²) in [6.45, 7) is 0. The smallest absolute Gasteiger partial charge is 0.211 e. The van der Waals surface area contributed by atoms with E-state index in [2.05, 4.69) is 10.4 Å². The molecule has 1 aromatic carbocycles. The van der Waals surface area contributed by atoms with Crippen molar-refractivity contribution in [3.63, 3.8) is 0 Å². The molecule has 0 spiro atoms. The van der Waals surface area contributed by atoms with Gasteiger partial charge in [0.15, 0.2) is 0 Å². The molecule has 1 N–H and O–H groups in total. The number of benzene rings is 1. The predicted octanol–water partition coefficient (Wildman–Crippen LogP) is 2.39. The molecule has 1 aromatic heterocycles. The molecule has 0 aliphatic carbocycles. The fraction of sp³-hybridized carbons (Fsp3) is 0.308. The first kappa shape index (κ1) is 12.9. The third kappa shape index (κ3) is 2.49. The van der Waals surface area contributed by atoms with Crippen LogP contribution in [0.4, 0.5) is 0 Å². The molecule has 0 saturated heterocycles. The van der Waals surface area contributed by atoms with Crippen molar-refractivity contribution in [1.82, 2.24) is 15.1 Å². The number of aromatic nitrogens is 2. The Labute approximate surface area is 112 Å². The number of rotatable bonds is 4. The molecular weight excluding hydrogens is 250 g/mol. The first-order chi connectivity index (χ1) is 8.65. The van der Waals surface area contributed by atoms with Gasteiger partial charge in [0.25, 0.3) is 0 Å². The van der Waals surface area contributed by atoms with Gasteiger partial charge in [0, 0.05) is 18.1 Å². The van der Waals surface area contributed by atoms with Crippen LogP contribution in [0.5, 0.6) is 5.88 Å². The monoisotopic (exact) mass is 265 g/mol. The molecule has 18 heavy (non-hydrogen) atoms. The van der Waals surface area contributed by atoms with Crippen molar-refractivity contribution in [1.29, 1.82) is 0 Å². The maximum Gasteiger partial charge on any atom is 0.211 e. The van der Waals surface area contributed by atoms with Crippen LogP contribution in [0, 0.1) is 0 Å². The number of methoxy groups -OCH3 is 1. The lowest BCUT2D eigenvalue weighted by Crippen LogP contribution is -2.18. The summed E-state index contributed by atoms with van der Waals surface area (Å²) in [4.78, 5) is 0. The topological polar surface area (TPSA) is 39.1 Å². The highest BCUT2D eigenvalue weighted by atomic mass is 35.5. The number of ether oxygens (including phenoxy) is 1. The quantitative estimate of drug-likeness (QED) is 0.923. The van der Waals surface area contributed by atoms with Gasteiger partial charge in [-0.3, -0.25) is 0 Å². The Morgan fingerprint density at radius 2 is 2.17 bits per heavy atom. The molecule has 1 unspecified atom stereocenters. The predicted molar refractivity (Wildman–Crippen MR) is 72.1 cm³/mol. The molecule has 96 valence electrons. The third-order valence-electron chi connectivity index (χ3n) is 2.83. The van der Waals surface area contributed by atoms with Gasteiger partial charge in [-0.2, -0.15) is 5.10 Å². The molecular formula is C13H16ClN3O. The Kier molecular flexibility index (Phi) is 3.89. The van der Waals surface area contributed by atoms with Crippen LogP contribution in [0.3, 0.4) is 0 Å². The SMILES string of the molecule is CNC(c1cccc(Cl)c1)c1cc(OC)n(C)n1. The third-order valence-corrected chi connectivity index (χ3v) is 3.07. The van der Waals surface area contributed by atoms with Crippen molar-refractivity contribution >= 4 is 11.6 Å². The van der Waals surface area contributed by atoms with Crippen LogP contribution in [-0.2, 0) is 7.05 Å². The average Bonchev–Trinajstić information content (AvgIpc) is 2.71. The Balaban J connectivity index is 2.38. The lowest BCUT2D eigenvalue weighted by molar-refractivity contribution is 0.373. The molecule has 1 atom stereocenters. The van der Waals surface area contributed by atoms with Crippen molar-refractivity contribution < 1.29 is 4.74 Å². The van der Waals surface area contributed by atoms with Gasteiger partial charge in [0.1, 0.15) is 0 Å². The van der Waals surface area contributed by atoms with Crippen LogP contribution in [0.25, 0.3) is 0 Å². The molecule has 2 rings (SSSR count). The molecule has 0 aliphatic rings. The summed E-state index contributed by atoms with van der Waals surface area (Å²) in [5, 5.41) is 8.40. The van der Waals surface area contributed by atoms with Gasteiger partial charge in [-0.05, 0) is 24.7 Å². The summed E-state index contributed by atoms with van der Waals surface area (Å²) < 4.78 is 6.94. The van der Waals surface area contributed by atoms with Crippen molar-refractivity contribution in [3.8, 4) is 5.88 Å². The number of hydrogen-bond acceptors (Lipinski definition) is 3. The lowest BCUT2D eigenvalue weighted by Gasteiger charge is -2.14. The maximum absolute atomic E-state index is 6.02. The van der Waals surface area contributed by atoms with E-state index in [0.29, 0.717) is 0 Å². The minimum absolute atomic E-state index is 0.00111. The standard InChI is InChI=1S/C13H16ClN3O/c1-15-13(9-5-4-6-10(14)7-9)11-8-12(18-3)17(2)16-11/h4-8,13,15H,1-3H3. The summed E-state index contributed by atoms with van der Waals surface area (Å²) in [6.07, 6.45) is 0. The second kappa shape index (κ2) is 5.42. The molecule has 5 heteroatoms. The van der Waals surface area contributed by atoms with E-state index in [4.69, 9.17) is 16.3 Å². The van der Waals surface area contributed by atoms with Crippen LogP contribution in [0.15, 0.2) is 30.3 Å². The second-order valence-electron chi connectivity index (χ2n) is 4.01. The van der Waals surface area contributed by atoms with Crippen molar-refractivity contribution in [2.24, 2.45) is 7.05 Å². The normalized spacial score (nSPS) is 12.4. The Morgan fingerprint density at radius 3 is 2.72 bits per heavy atom. The summed E-state index contributed by atoms with van der Waals surface area (Å²) in [5.74, 6) is 0.729. The fourth-order valence-electron chi connectivity index (χ4n) is 1.97. The van der Waals surface area contributed by atoms with Crippen LogP contribution >= 0.6 is 11.6 Å². The minimum Gasteiger partial charge on any atom is -0.481 e. The molecule has 0 fully saturated rings. The summed E-state index contributed by atoms with van der Waals surface area (Å²) in [7, 11) is 5.38. The molecule has 0 amide bonds. The van der Waals surface area contributed by atoms with Crippen molar-refractivity contribution in [2.45, 2.75) is 6.04 Å². The van der Waals surface area contributed by atoms with E-state index in [1.54, 1.807) is 11.8 Å². The molecule has 4 nitrogen and oxygen atoms in total. The van der Waals surface area contributed by atoms with Gasteiger partial charge in [0.2, 0.25) is 5.88 Å². The molecule has 0 aliphatic heterocycles. The van der Waals surface area contributed by atoms with Crippen LogP contribution in [0.2, 0.25) is 5.02 Å². The lowest BCUT2D eigenvalue weighted by atomic mass is 10.0. The van der Waals surface area contributed by atoms with Gasteiger partial charge in [-0.15, -0.1) is 0 Å². The summed E-state index contributed by atoms with van der Waals surface area (Å²) in [5.41, 5.74) is 1.98. The molecule has 0 radical (unpaired) electrons. The highest BCUT2D eigenvalue weighted by Crippen LogP contribution is 2.25. The second-order valence-corrected chi connectivity index (χ2v) is 4.45. The number of aryl methyl sites for hydroxylation is 1. The summed E-state index contributed by atoms with van der Waals surface area (Å²) in [6, 6.07) is 9.66. The number of nitrogens with one attached hydrogen (secondary N) is 1. The fourth-order valence-corrected chi connectivity index (χ4v) is 2.17. The maximum atomic E-state index is 6.02. The highest BCUT2D eigenvalue weighted by Gasteiger charge is 2.17. The van der Waals surface area contributed by atoms with Crippen LogP contribution in [-0.4, -0.2) is 23.9 Å². The van der Waals surface area contributed by atoms with E-state index >= 15 is 0 Å². The average molecular weight is 266 g/mol. The van der Waals surface area contributed by atoms with Crippen molar-refractivity contribution in [3.05, 3.63) is 46.6 Å². The summed E-state index contributed by atoms with van der Waals surface area (Å²) >= 11 is 6.02. The van der Waals surface area contributed by atoms with Gasteiger partial charge in [-0.25, -0.2) is 4.68 Å². The largest absolute Gasteiger partial charge is 0.481 e. The van der Waals surface area contributed by atoms with Crippen LogP contribution in [0.1, 0.15) is 17.3 Å². The highest BCUT2D eigenvalue weighted by molar-refractivity contribution is 6.30. The zero-order chi connectivity index (χ0) is 13.1. The van der Waals surface area contributed by atoms with E-state index in [1.165, 1.54) is 0 Å². The van der Waals surface area contributed by atoms with Crippen LogP contribution < -0.4 is 10.1 Å². The molecule has 0 bridgehead atoms. The van der Waals surface area contributed by atoms with Crippen molar-refractivity contribution in [2.75, 3.05) is 14.2 Å². The zero-order valence-electron chi connectivity index (χ0n) is 10.6. The van der Waals surface area contributed by atoms with E-state index in [9.17, 15) is 0 Å². The number of nitrogens with zero attached hydrogens (tertiary/aromatic N) is 2. The Bertz CT molecular complexity index is 539. The molecule has 2 aromatic rings. The van der Waals surface area contributed by atoms with Gasteiger partial charge < -0.3 is 10.1 Å². The van der Waals surface area contributed by atoms with Gasteiger partial charge in [-0.1, -0.05) is 23.7 Å². The Hall–Kier alpha value is -1.52. The Morgan fingerprint density at radius 1 is 1.39 bits per heavy atom. The molecule has 0 saturated carbocycles. The number of halogens is 1. The first-order valence-corrected chi connectivity index (χ1v) is 6.04. The van der Waals surface area contributed by atoms with E-state index in [1.807, 2.05) is 44.4 Å². The van der Waals surface area contributed by atoms with E-state index in [-0.39, 0.29) is 6.04 Å². The van der Waals surface area contributed by atoms with Gasteiger partial charge >= 0.3 is 0 Å². The van der Waals surface area contributed by atoms with E-state index in [0.717, 1.165) is 22.2 Å². The van der Waals surface area contributed by atoms with E-state index < -0.39 is 0 Å².